The lowest BCUT2D eigenvalue weighted by Gasteiger charge is -2.36. The van der Waals surface area contributed by atoms with Crippen LogP contribution in [0.2, 0.25) is 5.02 Å². The Labute approximate surface area is 153 Å². The maximum Gasteiger partial charge on any atom is 0.235 e. The zero-order chi connectivity index (χ0) is 17.9. The van der Waals surface area contributed by atoms with Crippen LogP contribution < -0.4 is 10.1 Å². The number of amides is 1. The minimum atomic E-state index is -0.676. The molecule has 1 amide bonds. The van der Waals surface area contributed by atoms with E-state index in [9.17, 15) is 4.79 Å². The molecule has 25 heavy (non-hydrogen) atoms. The number of hydrogen-bond donors (Lipinski definition) is 1. The second-order valence-electron chi connectivity index (χ2n) is 6.31. The fraction of sp³-hybridized carbons (Fsp3) is 0.350. The lowest BCUT2D eigenvalue weighted by atomic mass is 9.73. The Morgan fingerprint density at radius 3 is 2.56 bits per heavy atom. The molecule has 1 heterocycles. The predicted octanol–water partition coefficient (Wildman–Crippen LogP) is 4.34. The van der Waals surface area contributed by atoms with Crippen LogP contribution in [0.5, 0.6) is 5.75 Å². The van der Waals surface area contributed by atoms with E-state index in [1.165, 1.54) is 0 Å². The lowest BCUT2D eigenvalue weighted by Crippen LogP contribution is -2.45. The maximum atomic E-state index is 13.3. The van der Waals surface area contributed by atoms with Crippen LogP contribution in [-0.4, -0.2) is 26.2 Å². The molecule has 3 rings (SSSR count). The van der Waals surface area contributed by atoms with Gasteiger partial charge < -0.3 is 14.8 Å². The van der Waals surface area contributed by atoms with Crippen LogP contribution in [0.1, 0.15) is 24.0 Å². The summed E-state index contributed by atoms with van der Waals surface area (Å²) in [5.41, 5.74) is 1.91. The minimum absolute atomic E-state index is 0.0477. The zero-order valence-corrected chi connectivity index (χ0v) is 15.2. The summed E-state index contributed by atoms with van der Waals surface area (Å²) in [6.45, 7) is 3.04. The van der Waals surface area contributed by atoms with Crippen molar-refractivity contribution in [2.24, 2.45) is 0 Å². The molecule has 0 unspecified atom stereocenters. The Hall–Kier alpha value is -2.04. The highest BCUT2D eigenvalue weighted by molar-refractivity contribution is 6.31. The summed E-state index contributed by atoms with van der Waals surface area (Å²) in [6, 6.07) is 13.2. The lowest BCUT2D eigenvalue weighted by molar-refractivity contribution is -0.125. The molecule has 0 radical (unpaired) electrons. The van der Waals surface area contributed by atoms with Gasteiger partial charge in [0.05, 0.1) is 12.5 Å². The largest absolute Gasteiger partial charge is 0.496 e. The third kappa shape index (κ3) is 3.51. The highest BCUT2D eigenvalue weighted by Crippen LogP contribution is 2.39. The summed E-state index contributed by atoms with van der Waals surface area (Å²) >= 11 is 6.42. The van der Waals surface area contributed by atoms with Crippen LogP contribution in [0.4, 0.5) is 5.69 Å². The van der Waals surface area contributed by atoms with Gasteiger partial charge in [-0.3, -0.25) is 4.79 Å². The molecule has 1 fully saturated rings. The van der Waals surface area contributed by atoms with Crippen molar-refractivity contribution < 1.29 is 14.3 Å². The first kappa shape index (κ1) is 17.8. The van der Waals surface area contributed by atoms with Gasteiger partial charge >= 0.3 is 0 Å². The highest BCUT2D eigenvalue weighted by atomic mass is 35.5. The Morgan fingerprint density at radius 1 is 1.20 bits per heavy atom. The smallest absolute Gasteiger partial charge is 0.235 e. The molecular weight excluding hydrogens is 338 g/mol. The van der Waals surface area contributed by atoms with Crippen LogP contribution in [0.15, 0.2) is 42.5 Å². The Morgan fingerprint density at radius 2 is 1.92 bits per heavy atom. The van der Waals surface area contributed by atoms with Gasteiger partial charge in [-0.15, -0.1) is 0 Å². The Kier molecular flexibility index (Phi) is 5.30. The zero-order valence-electron chi connectivity index (χ0n) is 14.5. The minimum Gasteiger partial charge on any atom is -0.496 e. The molecule has 1 aliphatic rings. The number of methoxy groups -OCH3 is 1. The van der Waals surface area contributed by atoms with Crippen molar-refractivity contribution in [2.75, 3.05) is 25.6 Å². The van der Waals surface area contributed by atoms with Crippen LogP contribution in [-0.2, 0) is 14.9 Å². The number of benzene rings is 2. The highest BCUT2D eigenvalue weighted by Gasteiger charge is 2.43. The first-order chi connectivity index (χ1) is 12.1. The average molecular weight is 360 g/mol. The standard InChI is InChI=1S/C20H22ClNO3/c1-14-13-15(7-8-18(14)24-2)22-19(23)20(9-11-25-12-10-20)16-5-3-4-6-17(16)21/h3-8,13H,9-12H2,1-2H3,(H,22,23). The molecule has 1 N–H and O–H groups in total. The first-order valence-corrected chi connectivity index (χ1v) is 8.73. The summed E-state index contributed by atoms with van der Waals surface area (Å²) < 4.78 is 10.8. The van der Waals surface area contributed by atoms with E-state index < -0.39 is 5.41 Å². The summed E-state index contributed by atoms with van der Waals surface area (Å²) in [4.78, 5) is 13.3. The number of anilines is 1. The van der Waals surface area contributed by atoms with Gasteiger partial charge in [0.25, 0.3) is 0 Å². The van der Waals surface area contributed by atoms with E-state index in [0.717, 1.165) is 22.6 Å². The van der Waals surface area contributed by atoms with Crippen LogP contribution in [0, 0.1) is 6.92 Å². The van der Waals surface area contributed by atoms with E-state index in [0.29, 0.717) is 31.1 Å². The SMILES string of the molecule is COc1ccc(NC(=O)C2(c3ccccc3Cl)CCOCC2)cc1C. The van der Waals surface area contributed by atoms with E-state index in [4.69, 9.17) is 21.1 Å². The molecule has 0 atom stereocenters. The summed E-state index contributed by atoms with van der Waals surface area (Å²) in [5.74, 6) is 0.748. The molecule has 1 saturated heterocycles. The van der Waals surface area contributed by atoms with Crippen LogP contribution in [0.3, 0.4) is 0 Å². The second kappa shape index (κ2) is 7.46. The average Bonchev–Trinajstić information content (AvgIpc) is 2.63. The predicted molar refractivity (Wildman–Crippen MR) is 99.5 cm³/mol. The molecule has 132 valence electrons. The van der Waals surface area contributed by atoms with Crippen LogP contribution in [0.25, 0.3) is 0 Å². The van der Waals surface area contributed by atoms with Crippen molar-refractivity contribution in [1.29, 1.82) is 0 Å². The number of hydrogen-bond acceptors (Lipinski definition) is 3. The van der Waals surface area contributed by atoms with Gasteiger partial charge in [-0.05, 0) is 55.2 Å². The van der Waals surface area contributed by atoms with Gasteiger partial charge in [-0.2, -0.15) is 0 Å². The summed E-state index contributed by atoms with van der Waals surface area (Å²) in [5, 5.41) is 3.68. The molecule has 2 aromatic rings. The monoisotopic (exact) mass is 359 g/mol. The van der Waals surface area contributed by atoms with E-state index in [2.05, 4.69) is 5.32 Å². The van der Waals surface area contributed by atoms with E-state index >= 15 is 0 Å². The first-order valence-electron chi connectivity index (χ1n) is 8.36. The normalized spacial score (nSPS) is 16.3. The number of carbonyl (C=O) groups is 1. The van der Waals surface area contributed by atoms with Crippen molar-refractivity contribution in [1.82, 2.24) is 0 Å². The molecule has 0 spiro atoms. The number of rotatable bonds is 4. The fourth-order valence-electron chi connectivity index (χ4n) is 3.39. The third-order valence-electron chi connectivity index (χ3n) is 4.82. The van der Waals surface area contributed by atoms with E-state index in [1.54, 1.807) is 7.11 Å². The molecule has 4 nitrogen and oxygen atoms in total. The summed E-state index contributed by atoms with van der Waals surface area (Å²) in [7, 11) is 1.63. The molecule has 0 aromatic heterocycles. The fourth-order valence-corrected chi connectivity index (χ4v) is 3.71. The number of ether oxygens (including phenoxy) is 2. The third-order valence-corrected chi connectivity index (χ3v) is 5.15. The molecule has 0 saturated carbocycles. The van der Waals surface area contributed by atoms with Gasteiger partial charge in [0, 0.05) is 23.9 Å². The quantitative estimate of drug-likeness (QED) is 0.883. The number of aryl methyl sites for hydroxylation is 1. The molecule has 1 aliphatic heterocycles. The van der Waals surface area contributed by atoms with Crippen molar-refractivity contribution >= 4 is 23.2 Å². The van der Waals surface area contributed by atoms with Crippen LogP contribution >= 0.6 is 11.6 Å². The van der Waals surface area contributed by atoms with Gasteiger partial charge in [0.1, 0.15) is 5.75 Å². The summed E-state index contributed by atoms with van der Waals surface area (Å²) in [6.07, 6.45) is 1.22. The number of nitrogens with one attached hydrogen (secondary N) is 1. The Balaban J connectivity index is 1.93. The van der Waals surface area contributed by atoms with Gasteiger partial charge in [0.15, 0.2) is 0 Å². The molecule has 2 aromatic carbocycles. The number of carbonyl (C=O) groups excluding carboxylic acids is 1. The number of halogens is 1. The van der Waals surface area contributed by atoms with E-state index in [1.807, 2.05) is 49.4 Å². The van der Waals surface area contributed by atoms with Gasteiger partial charge in [0.2, 0.25) is 5.91 Å². The maximum absolute atomic E-state index is 13.3. The van der Waals surface area contributed by atoms with E-state index in [-0.39, 0.29) is 5.91 Å². The second-order valence-corrected chi connectivity index (χ2v) is 6.72. The van der Waals surface area contributed by atoms with Gasteiger partial charge in [-0.1, -0.05) is 29.8 Å². The molecule has 5 heteroatoms. The molecular formula is C20H22ClNO3. The topological polar surface area (TPSA) is 47.6 Å². The van der Waals surface area contributed by atoms with Crippen molar-refractivity contribution in [2.45, 2.75) is 25.2 Å². The molecule has 0 aliphatic carbocycles. The van der Waals surface area contributed by atoms with Crippen molar-refractivity contribution in [3.63, 3.8) is 0 Å². The van der Waals surface area contributed by atoms with Crippen molar-refractivity contribution in [3.05, 3.63) is 58.6 Å². The van der Waals surface area contributed by atoms with Crippen molar-refractivity contribution in [3.8, 4) is 5.75 Å². The Bertz CT molecular complexity index is 769. The van der Waals surface area contributed by atoms with Gasteiger partial charge in [-0.25, -0.2) is 0 Å². The molecule has 0 bridgehead atoms.